The van der Waals surface area contributed by atoms with Crippen molar-refractivity contribution in [1.29, 1.82) is 0 Å². The molecule has 0 aliphatic carbocycles. The van der Waals surface area contributed by atoms with Crippen molar-refractivity contribution in [3.63, 3.8) is 0 Å². The first-order valence-corrected chi connectivity index (χ1v) is 11.7. The van der Waals surface area contributed by atoms with Crippen molar-refractivity contribution < 1.29 is 9.53 Å². The third-order valence-electron chi connectivity index (χ3n) is 6.44. The number of ether oxygens (including phenoxy) is 1. The Labute approximate surface area is 203 Å². The number of nitrogens with zero attached hydrogens (tertiary/aromatic N) is 1. The van der Waals surface area contributed by atoms with Gasteiger partial charge in [0.05, 0.1) is 17.3 Å². The van der Waals surface area contributed by atoms with E-state index in [9.17, 15) is 4.79 Å². The Bertz CT molecular complexity index is 1710. The maximum atomic E-state index is 11.6. The van der Waals surface area contributed by atoms with Crippen LogP contribution in [0.1, 0.15) is 21.5 Å². The largest absolute Gasteiger partial charge is 0.496 e. The zero-order valence-electron chi connectivity index (χ0n) is 19.1. The van der Waals surface area contributed by atoms with Crippen molar-refractivity contribution in [3.8, 4) is 5.69 Å². The van der Waals surface area contributed by atoms with Crippen LogP contribution in [-0.2, 0) is 11.3 Å². The van der Waals surface area contributed by atoms with Crippen LogP contribution in [-0.4, -0.2) is 10.9 Å². The zero-order valence-corrected chi connectivity index (χ0v) is 19.1. The highest BCUT2D eigenvalue weighted by atomic mass is 16.5. The number of aromatic nitrogens is 1. The van der Waals surface area contributed by atoms with E-state index in [1.165, 1.54) is 21.8 Å². The van der Waals surface area contributed by atoms with Gasteiger partial charge in [0.25, 0.3) is 0 Å². The molecule has 0 spiro atoms. The molecule has 0 bridgehead atoms. The molecular weight excluding hydrogens is 430 g/mol. The predicted molar refractivity (Wildman–Crippen MR) is 144 cm³/mol. The van der Waals surface area contributed by atoms with Crippen LogP contribution in [0.25, 0.3) is 44.3 Å². The van der Waals surface area contributed by atoms with Gasteiger partial charge in [-0.3, -0.25) is 4.79 Å². The van der Waals surface area contributed by atoms with Crippen LogP contribution < -0.4 is 0 Å². The second-order valence-corrected chi connectivity index (χ2v) is 8.59. The van der Waals surface area contributed by atoms with Gasteiger partial charge in [-0.2, -0.15) is 0 Å². The topological polar surface area (TPSA) is 31.2 Å². The summed E-state index contributed by atoms with van der Waals surface area (Å²) in [5.41, 5.74) is 6.09. The van der Waals surface area contributed by atoms with Crippen molar-refractivity contribution in [2.75, 3.05) is 0 Å². The number of hydrogen-bond donors (Lipinski definition) is 0. The number of aldehydes is 1. The molecule has 3 nitrogen and oxygen atoms in total. The normalized spacial score (nSPS) is 11.5. The Morgan fingerprint density at radius 3 is 2.23 bits per heavy atom. The van der Waals surface area contributed by atoms with Crippen LogP contribution in [0.5, 0.6) is 0 Å². The van der Waals surface area contributed by atoms with E-state index in [0.29, 0.717) is 12.2 Å². The number of benzene rings is 5. The summed E-state index contributed by atoms with van der Waals surface area (Å²) >= 11 is 0. The van der Waals surface area contributed by atoms with E-state index in [2.05, 4.69) is 71.3 Å². The van der Waals surface area contributed by atoms with E-state index in [0.717, 1.165) is 33.9 Å². The Morgan fingerprint density at radius 1 is 0.686 bits per heavy atom. The van der Waals surface area contributed by atoms with Gasteiger partial charge in [-0.05, 0) is 64.9 Å². The van der Waals surface area contributed by atoms with E-state index < -0.39 is 0 Å². The highest BCUT2D eigenvalue weighted by molar-refractivity contribution is 6.09. The highest BCUT2D eigenvalue weighted by Gasteiger charge is 2.11. The van der Waals surface area contributed by atoms with Gasteiger partial charge in [-0.25, -0.2) is 0 Å². The molecule has 35 heavy (non-hydrogen) atoms. The molecule has 0 saturated heterocycles. The average Bonchev–Trinajstić information content (AvgIpc) is 3.25. The molecule has 168 valence electrons. The van der Waals surface area contributed by atoms with Crippen LogP contribution >= 0.6 is 0 Å². The minimum Gasteiger partial charge on any atom is -0.496 e. The number of rotatable bonds is 6. The molecular formula is C32H23NO2. The standard InChI is InChI=1S/C32H23NO2/c34-21-26-19-24-8-4-5-9-25(24)20-27(26)22-35-17-16-23-14-15-32-30(18-23)29-12-6-7-13-31(29)33(32)28-10-2-1-3-11-28/h1-21H,22H2. The molecule has 0 unspecified atom stereocenters. The first kappa shape index (κ1) is 20.9. The number of carbonyl (C=O) groups is 1. The van der Waals surface area contributed by atoms with Crippen LogP contribution in [0.2, 0.25) is 0 Å². The average molecular weight is 454 g/mol. The summed E-state index contributed by atoms with van der Waals surface area (Å²) in [6.45, 7) is 0.338. The van der Waals surface area contributed by atoms with Gasteiger partial charge in [-0.1, -0.05) is 66.7 Å². The molecule has 6 aromatic rings. The Hall–Kier alpha value is -4.63. The van der Waals surface area contributed by atoms with E-state index in [4.69, 9.17) is 4.74 Å². The van der Waals surface area contributed by atoms with Gasteiger partial charge in [-0.15, -0.1) is 0 Å². The van der Waals surface area contributed by atoms with Crippen LogP contribution in [0.3, 0.4) is 0 Å². The van der Waals surface area contributed by atoms with Crippen LogP contribution in [0.15, 0.2) is 115 Å². The van der Waals surface area contributed by atoms with Crippen LogP contribution in [0, 0.1) is 0 Å². The Kier molecular flexibility index (Phi) is 5.36. The smallest absolute Gasteiger partial charge is 0.150 e. The molecule has 0 aliphatic heterocycles. The van der Waals surface area contributed by atoms with E-state index >= 15 is 0 Å². The molecule has 0 aliphatic rings. The summed E-state index contributed by atoms with van der Waals surface area (Å²) in [6.07, 6.45) is 4.57. The quantitative estimate of drug-likeness (QED) is 0.189. The van der Waals surface area contributed by atoms with Gasteiger partial charge < -0.3 is 9.30 Å². The molecule has 3 heteroatoms. The van der Waals surface area contributed by atoms with Crippen molar-refractivity contribution in [1.82, 2.24) is 4.57 Å². The monoisotopic (exact) mass is 453 g/mol. The number of fused-ring (bicyclic) bond motifs is 4. The maximum absolute atomic E-state index is 11.6. The van der Waals surface area contributed by atoms with Gasteiger partial charge >= 0.3 is 0 Å². The summed E-state index contributed by atoms with van der Waals surface area (Å²) in [7, 11) is 0. The fourth-order valence-electron chi connectivity index (χ4n) is 4.75. The second-order valence-electron chi connectivity index (χ2n) is 8.59. The van der Waals surface area contributed by atoms with Crippen molar-refractivity contribution in [2.24, 2.45) is 0 Å². The van der Waals surface area contributed by atoms with Gasteiger partial charge in [0, 0.05) is 27.6 Å². The van der Waals surface area contributed by atoms with E-state index in [1.54, 1.807) is 6.26 Å². The van der Waals surface area contributed by atoms with Crippen molar-refractivity contribution in [3.05, 3.63) is 132 Å². The molecule has 6 rings (SSSR count). The highest BCUT2D eigenvalue weighted by Crippen LogP contribution is 2.32. The lowest BCUT2D eigenvalue weighted by atomic mass is 10.0. The lowest BCUT2D eigenvalue weighted by Gasteiger charge is -2.08. The van der Waals surface area contributed by atoms with Crippen molar-refractivity contribution >= 4 is 44.9 Å². The van der Waals surface area contributed by atoms with E-state index in [-0.39, 0.29) is 0 Å². The third kappa shape index (κ3) is 3.87. The summed E-state index contributed by atoms with van der Waals surface area (Å²) < 4.78 is 8.15. The van der Waals surface area contributed by atoms with Crippen LogP contribution in [0.4, 0.5) is 0 Å². The van der Waals surface area contributed by atoms with Gasteiger partial charge in [0.2, 0.25) is 0 Å². The Balaban J connectivity index is 1.30. The minimum atomic E-state index is 0.338. The molecule has 0 saturated carbocycles. The Morgan fingerprint density at radius 2 is 1.40 bits per heavy atom. The molecule has 0 N–H and O–H groups in total. The van der Waals surface area contributed by atoms with Crippen molar-refractivity contribution in [2.45, 2.75) is 6.61 Å². The molecule has 1 aromatic heterocycles. The molecule has 0 amide bonds. The molecule has 0 atom stereocenters. The lowest BCUT2D eigenvalue weighted by Crippen LogP contribution is -1.94. The fourth-order valence-corrected chi connectivity index (χ4v) is 4.75. The summed E-state index contributed by atoms with van der Waals surface area (Å²) in [6, 6.07) is 37.4. The first-order chi connectivity index (χ1) is 17.3. The fraction of sp³-hybridized carbons (Fsp3) is 0.0312. The van der Waals surface area contributed by atoms with Gasteiger partial charge in [0.15, 0.2) is 0 Å². The lowest BCUT2D eigenvalue weighted by molar-refractivity contribution is 0.112. The summed E-state index contributed by atoms with van der Waals surface area (Å²) in [5.74, 6) is 0. The molecule has 0 radical (unpaired) electrons. The molecule has 5 aromatic carbocycles. The number of para-hydroxylation sites is 2. The minimum absolute atomic E-state index is 0.338. The van der Waals surface area contributed by atoms with E-state index in [1.807, 2.05) is 48.5 Å². The molecule has 1 heterocycles. The first-order valence-electron chi connectivity index (χ1n) is 11.7. The molecule has 0 fully saturated rings. The summed E-state index contributed by atoms with van der Waals surface area (Å²) in [5, 5.41) is 4.57. The third-order valence-corrected chi connectivity index (χ3v) is 6.44. The summed E-state index contributed by atoms with van der Waals surface area (Å²) in [4.78, 5) is 11.6. The number of hydrogen-bond acceptors (Lipinski definition) is 2. The predicted octanol–water partition coefficient (Wildman–Crippen LogP) is 7.94. The van der Waals surface area contributed by atoms with Gasteiger partial charge in [0.1, 0.15) is 12.9 Å². The number of carbonyl (C=O) groups excluding carboxylic acids is 1. The SMILES string of the molecule is O=Cc1cc2ccccc2cc1COC=Cc1ccc2c(c1)c1ccccc1n2-c1ccccc1. The second kappa shape index (κ2) is 8.96. The maximum Gasteiger partial charge on any atom is 0.150 e. The zero-order chi connectivity index (χ0) is 23.6.